The summed E-state index contributed by atoms with van der Waals surface area (Å²) in [6.07, 6.45) is 8.48. The van der Waals surface area contributed by atoms with Crippen molar-refractivity contribution in [2.45, 2.75) is 26.4 Å². The fourth-order valence-electron chi connectivity index (χ4n) is 2.05. The van der Waals surface area contributed by atoms with Crippen molar-refractivity contribution in [1.82, 2.24) is 24.3 Å². The molecule has 0 saturated heterocycles. The highest BCUT2D eigenvalue weighted by Gasteiger charge is 2.06. The average molecular weight is 269 g/mol. The van der Waals surface area contributed by atoms with E-state index >= 15 is 0 Å². The van der Waals surface area contributed by atoms with E-state index < -0.39 is 0 Å². The van der Waals surface area contributed by atoms with Crippen molar-refractivity contribution in [3.05, 3.63) is 53.1 Å². The van der Waals surface area contributed by atoms with E-state index in [1.54, 1.807) is 35.6 Å². The predicted molar refractivity (Wildman–Crippen MR) is 75.5 cm³/mol. The molecular weight excluding hydrogens is 254 g/mol. The maximum atomic E-state index is 12.3. The van der Waals surface area contributed by atoms with E-state index in [4.69, 9.17) is 0 Å². The molecule has 0 aliphatic rings. The molecule has 3 rings (SSSR count). The van der Waals surface area contributed by atoms with E-state index in [2.05, 4.69) is 28.9 Å². The molecule has 0 aromatic carbocycles. The van der Waals surface area contributed by atoms with Crippen LogP contribution >= 0.6 is 0 Å². The molecule has 20 heavy (non-hydrogen) atoms. The third kappa shape index (κ3) is 2.20. The summed E-state index contributed by atoms with van der Waals surface area (Å²) in [5, 5.41) is 4.81. The normalized spacial score (nSPS) is 11.3. The minimum absolute atomic E-state index is 0.0830. The van der Waals surface area contributed by atoms with Crippen molar-refractivity contribution in [2.75, 3.05) is 0 Å². The lowest BCUT2D eigenvalue weighted by molar-refractivity contribution is 0.531. The standard InChI is InChI=1S/C14H15N5O/c1-10(2)19-8-11(5-17-19)7-18-9-16-13-3-4-15-6-12(13)14(18)20/h3-6,8-10H,7H2,1-2H3. The number of hydrogen-bond donors (Lipinski definition) is 0. The molecule has 3 aromatic heterocycles. The lowest BCUT2D eigenvalue weighted by Gasteiger charge is -2.05. The second kappa shape index (κ2) is 4.88. The minimum atomic E-state index is -0.0830. The molecule has 6 nitrogen and oxygen atoms in total. The van der Waals surface area contributed by atoms with E-state index in [-0.39, 0.29) is 5.56 Å². The largest absolute Gasteiger partial charge is 0.294 e. The molecule has 0 amide bonds. The van der Waals surface area contributed by atoms with Gasteiger partial charge in [-0.05, 0) is 19.9 Å². The van der Waals surface area contributed by atoms with Crippen molar-refractivity contribution < 1.29 is 0 Å². The van der Waals surface area contributed by atoms with Crippen molar-refractivity contribution >= 4 is 10.9 Å². The maximum absolute atomic E-state index is 12.3. The summed E-state index contributed by atoms with van der Waals surface area (Å²) in [4.78, 5) is 20.6. The number of aromatic nitrogens is 5. The molecule has 3 aromatic rings. The van der Waals surface area contributed by atoms with Crippen LogP contribution in [0.4, 0.5) is 0 Å². The Labute approximate surface area is 115 Å². The molecule has 0 bridgehead atoms. The van der Waals surface area contributed by atoms with E-state index in [9.17, 15) is 4.79 Å². The highest BCUT2D eigenvalue weighted by molar-refractivity contribution is 5.75. The monoisotopic (exact) mass is 269 g/mol. The first-order valence-corrected chi connectivity index (χ1v) is 6.47. The first kappa shape index (κ1) is 12.5. The summed E-state index contributed by atoms with van der Waals surface area (Å²) < 4.78 is 3.45. The van der Waals surface area contributed by atoms with Gasteiger partial charge in [-0.2, -0.15) is 5.10 Å². The summed E-state index contributed by atoms with van der Waals surface area (Å²) in [5.41, 5.74) is 1.56. The van der Waals surface area contributed by atoms with Crippen molar-refractivity contribution in [3.63, 3.8) is 0 Å². The third-order valence-electron chi connectivity index (χ3n) is 3.16. The third-order valence-corrected chi connectivity index (χ3v) is 3.16. The van der Waals surface area contributed by atoms with Gasteiger partial charge in [0.1, 0.15) is 0 Å². The van der Waals surface area contributed by atoms with Crippen LogP contribution in [0.5, 0.6) is 0 Å². The Hall–Kier alpha value is -2.50. The van der Waals surface area contributed by atoms with Gasteiger partial charge in [0.05, 0.1) is 30.0 Å². The van der Waals surface area contributed by atoms with Gasteiger partial charge in [-0.25, -0.2) is 4.98 Å². The summed E-state index contributed by atoms with van der Waals surface area (Å²) >= 11 is 0. The zero-order valence-corrected chi connectivity index (χ0v) is 11.4. The molecule has 0 aliphatic heterocycles. The molecule has 6 heteroatoms. The zero-order chi connectivity index (χ0) is 14.1. The Morgan fingerprint density at radius 1 is 1.30 bits per heavy atom. The first-order chi connectivity index (χ1) is 9.65. The molecule has 0 N–H and O–H groups in total. The lowest BCUT2D eigenvalue weighted by Crippen LogP contribution is -2.21. The van der Waals surface area contributed by atoms with Crippen LogP contribution in [0.1, 0.15) is 25.5 Å². The van der Waals surface area contributed by atoms with Crippen LogP contribution in [-0.2, 0) is 6.54 Å². The fourth-order valence-corrected chi connectivity index (χ4v) is 2.05. The summed E-state index contributed by atoms with van der Waals surface area (Å²) in [6.45, 7) is 4.59. The second-order valence-corrected chi connectivity index (χ2v) is 4.99. The second-order valence-electron chi connectivity index (χ2n) is 4.99. The van der Waals surface area contributed by atoms with Gasteiger partial charge >= 0.3 is 0 Å². The lowest BCUT2D eigenvalue weighted by atomic mass is 10.3. The zero-order valence-electron chi connectivity index (χ0n) is 11.4. The van der Waals surface area contributed by atoms with Crippen LogP contribution in [-0.4, -0.2) is 24.3 Å². The Bertz CT molecular complexity index is 802. The first-order valence-electron chi connectivity index (χ1n) is 6.47. The minimum Gasteiger partial charge on any atom is -0.294 e. The van der Waals surface area contributed by atoms with Gasteiger partial charge in [0.15, 0.2) is 0 Å². The average Bonchev–Trinajstić information content (AvgIpc) is 2.91. The molecule has 0 atom stereocenters. The predicted octanol–water partition coefficient (Wildman–Crippen LogP) is 1.62. The summed E-state index contributed by atoms with van der Waals surface area (Å²) in [5.74, 6) is 0. The number of pyridine rings is 1. The smallest absolute Gasteiger partial charge is 0.263 e. The van der Waals surface area contributed by atoms with Gasteiger partial charge in [-0.1, -0.05) is 0 Å². The topological polar surface area (TPSA) is 65.6 Å². The van der Waals surface area contributed by atoms with Crippen LogP contribution in [0.2, 0.25) is 0 Å². The number of hydrogen-bond acceptors (Lipinski definition) is 4. The maximum Gasteiger partial charge on any atom is 0.263 e. The van der Waals surface area contributed by atoms with Crippen LogP contribution in [0.25, 0.3) is 10.9 Å². The van der Waals surface area contributed by atoms with Gasteiger partial charge in [0.25, 0.3) is 5.56 Å². The molecular formula is C14H15N5O. The van der Waals surface area contributed by atoms with Gasteiger partial charge in [-0.3, -0.25) is 19.0 Å². The van der Waals surface area contributed by atoms with E-state index in [1.165, 1.54) is 0 Å². The number of fused-ring (bicyclic) bond motifs is 1. The van der Waals surface area contributed by atoms with Gasteiger partial charge in [-0.15, -0.1) is 0 Å². The highest BCUT2D eigenvalue weighted by atomic mass is 16.1. The Kier molecular flexibility index (Phi) is 3.06. The van der Waals surface area contributed by atoms with E-state index in [1.807, 2.05) is 10.9 Å². The summed E-state index contributed by atoms with van der Waals surface area (Å²) in [6, 6.07) is 2.04. The SMILES string of the molecule is CC(C)n1cc(Cn2cnc3ccncc3c2=O)cn1. The molecule has 0 radical (unpaired) electrons. The molecule has 0 aliphatic carbocycles. The number of nitrogens with zero attached hydrogens (tertiary/aromatic N) is 5. The molecule has 0 fully saturated rings. The van der Waals surface area contributed by atoms with E-state index in [0.29, 0.717) is 23.5 Å². The quantitative estimate of drug-likeness (QED) is 0.724. The molecule has 0 saturated carbocycles. The number of rotatable bonds is 3. The molecule has 0 spiro atoms. The molecule has 0 unspecified atom stereocenters. The fraction of sp³-hybridized carbons (Fsp3) is 0.286. The van der Waals surface area contributed by atoms with E-state index in [0.717, 1.165) is 5.56 Å². The van der Waals surface area contributed by atoms with Crippen molar-refractivity contribution in [3.8, 4) is 0 Å². The van der Waals surface area contributed by atoms with Gasteiger partial charge < -0.3 is 0 Å². The van der Waals surface area contributed by atoms with Gasteiger partial charge in [0.2, 0.25) is 0 Å². The van der Waals surface area contributed by atoms with Crippen LogP contribution in [0, 0.1) is 0 Å². The Morgan fingerprint density at radius 2 is 2.15 bits per heavy atom. The molecule has 3 heterocycles. The summed E-state index contributed by atoms with van der Waals surface area (Å²) in [7, 11) is 0. The van der Waals surface area contributed by atoms with Crippen LogP contribution < -0.4 is 5.56 Å². The van der Waals surface area contributed by atoms with Crippen molar-refractivity contribution in [1.29, 1.82) is 0 Å². The van der Waals surface area contributed by atoms with Crippen LogP contribution in [0.15, 0.2) is 42.0 Å². The van der Waals surface area contributed by atoms with Crippen molar-refractivity contribution in [2.24, 2.45) is 0 Å². The van der Waals surface area contributed by atoms with Gasteiger partial charge in [0, 0.05) is 30.2 Å². The molecule has 102 valence electrons. The Balaban J connectivity index is 1.98. The Morgan fingerprint density at radius 3 is 2.90 bits per heavy atom. The van der Waals surface area contributed by atoms with Crippen LogP contribution in [0.3, 0.4) is 0 Å². The highest BCUT2D eigenvalue weighted by Crippen LogP contribution is 2.07.